The predicted octanol–water partition coefficient (Wildman–Crippen LogP) is 1.61. The van der Waals surface area contributed by atoms with Crippen molar-refractivity contribution in [1.29, 1.82) is 5.26 Å². The van der Waals surface area contributed by atoms with Crippen LogP contribution in [0.2, 0.25) is 0 Å². The van der Waals surface area contributed by atoms with E-state index in [1.165, 1.54) is 11.8 Å². The fourth-order valence-electron chi connectivity index (χ4n) is 1.54. The largest absolute Gasteiger partial charge is 0.299 e. The van der Waals surface area contributed by atoms with E-state index in [2.05, 4.69) is 16.6 Å². The summed E-state index contributed by atoms with van der Waals surface area (Å²) in [4.78, 5) is 0. The van der Waals surface area contributed by atoms with Gasteiger partial charge in [0.25, 0.3) is 0 Å². The summed E-state index contributed by atoms with van der Waals surface area (Å²) in [5.41, 5.74) is 3.93. The third-order valence-corrected chi connectivity index (χ3v) is 4.86. The third kappa shape index (κ3) is 2.68. The van der Waals surface area contributed by atoms with Gasteiger partial charge in [0.15, 0.2) is 4.38 Å². The van der Waals surface area contributed by atoms with Gasteiger partial charge in [0.2, 0.25) is 0 Å². The van der Waals surface area contributed by atoms with Crippen LogP contribution < -0.4 is 5.43 Å². The number of benzene rings is 1. The van der Waals surface area contributed by atoms with Gasteiger partial charge in [0.1, 0.15) is 5.25 Å². The summed E-state index contributed by atoms with van der Waals surface area (Å²) in [6.45, 7) is 0. The van der Waals surface area contributed by atoms with E-state index in [0.29, 0.717) is 4.38 Å². The predicted molar refractivity (Wildman–Crippen MR) is 70.8 cm³/mol. The molecule has 2 rings (SSSR count). The summed E-state index contributed by atoms with van der Waals surface area (Å²) in [6, 6.07) is 11.7. The van der Waals surface area contributed by atoms with Crippen LogP contribution in [-0.2, 0) is 10.8 Å². The van der Waals surface area contributed by atoms with Gasteiger partial charge in [0.05, 0.1) is 22.9 Å². The first-order valence-electron chi connectivity index (χ1n) is 5.00. The van der Waals surface area contributed by atoms with Gasteiger partial charge in [-0.2, -0.15) is 10.4 Å². The van der Waals surface area contributed by atoms with Gasteiger partial charge >= 0.3 is 0 Å². The molecule has 0 amide bonds. The Hall–Kier alpha value is -1.32. The average Bonchev–Trinajstić information content (AvgIpc) is 2.39. The van der Waals surface area contributed by atoms with Crippen LogP contribution in [0.4, 0.5) is 0 Å². The maximum absolute atomic E-state index is 11.3. The minimum absolute atomic E-state index is 0.154. The fourth-order valence-corrected chi connectivity index (χ4v) is 3.30. The Kier molecular flexibility index (Phi) is 3.82. The zero-order chi connectivity index (χ0) is 12.3. The number of hydrazone groups is 1. The van der Waals surface area contributed by atoms with E-state index in [9.17, 15) is 4.21 Å². The summed E-state index contributed by atoms with van der Waals surface area (Å²) in [5, 5.41) is 12.9. The second kappa shape index (κ2) is 5.34. The van der Waals surface area contributed by atoms with Gasteiger partial charge in [-0.05, 0) is 5.56 Å². The van der Waals surface area contributed by atoms with E-state index >= 15 is 0 Å². The van der Waals surface area contributed by atoms with Crippen LogP contribution >= 0.6 is 11.8 Å². The zero-order valence-electron chi connectivity index (χ0n) is 9.16. The molecule has 1 aromatic carbocycles. The van der Waals surface area contributed by atoms with E-state index in [0.717, 1.165) is 5.56 Å². The van der Waals surface area contributed by atoms with E-state index in [1.54, 1.807) is 6.26 Å². The number of nitrogens with zero attached hydrogens (tertiary/aromatic N) is 2. The van der Waals surface area contributed by atoms with Gasteiger partial charge < -0.3 is 0 Å². The monoisotopic (exact) mass is 265 g/mol. The van der Waals surface area contributed by atoms with Crippen molar-refractivity contribution in [1.82, 2.24) is 5.43 Å². The first-order valence-corrected chi connectivity index (χ1v) is 7.44. The number of nitrogens with one attached hydrogen (secondary N) is 1. The number of thioether (sulfide) groups is 1. The molecule has 17 heavy (non-hydrogen) atoms. The highest BCUT2D eigenvalue weighted by Crippen LogP contribution is 2.31. The Morgan fingerprint density at radius 2 is 2.18 bits per heavy atom. The summed E-state index contributed by atoms with van der Waals surface area (Å²) in [5.74, 6) is 0. The summed E-state index contributed by atoms with van der Waals surface area (Å²) in [6.07, 6.45) is 1.56. The Morgan fingerprint density at radius 3 is 2.76 bits per heavy atom. The molecule has 6 heteroatoms. The Balaban J connectivity index is 2.26. The first kappa shape index (κ1) is 12.1. The summed E-state index contributed by atoms with van der Waals surface area (Å²) >= 11 is 1.27. The second-order valence-electron chi connectivity index (χ2n) is 3.52. The van der Waals surface area contributed by atoms with Gasteiger partial charge in [-0.1, -0.05) is 42.1 Å². The second-order valence-corrected chi connectivity index (χ2v) is 6.20. The first-order chi connectivity index (χ1) is 8.22. The maximum Gasteiger partial charge on any atom is 0.181 e. The Bertz CT molecular complexity index is 495. The lowest BCUT2D eigenvalue weighted by Crippen LogP contribution is -2.32. The molecule has 1 aliphatic heterocycles. The molecule has 0 radical (unpaired) electrons. The molecule has 0 saturated heterocycles. The van der Waals surface area contributed by atoms with Crippen molar-refractivity contribution in [2.75, 3.05) is 6.26 Å². The standard InChI is InChI=1S/C11H11N3OS2/c1-17(15)11-14-13-10(9(7-12)16-11)8-5-3-2-4-6-8/h2-6,9-10,13H,1H3/t9-,10-,17?/m0/s1. The van der Waals surface area contributed by atoms with Gasteiger partial charge in [-0.3, -0.25) is 9.63 Å². The van der Waals surface area contributed by atoms with Crippen LogP contribution in [0, 0.1) is 11.3 Å². The Morgan fingerprint density at radius 1 is 1.47 bits per heavy atom. The third-order valence-electron chi connectivity index (χ3n) is 2.36. The lowest BCUT2D eigenvalue weighted by Gasteiger charge is -2.26. The van der Waals surface area contributed by atoms with Crippen LogP contribution in [0.1, 0.15) is 11.6 Å². The molecule has 0 aromatic heterocycles. The van der Waals surface area contributed by atoms with Crippen molar-refractivity contribution in [2.45, 2.75) is 11.3 Å². The Labute approximate surface area is 107 Å². The van der Waals surface area contributed by atoms with Crippen molar-refractivity contribution < 1.29 is 4.21 Å². The minimum atomic E-state index is -1.15. The SMILES string of the molecule is CS(=O)C1=NN[C@@H](c2ccccc2)[C@H](C#N)S1. The molecule has 1 aromatic rings. The quantitative estimate of drug-likeness (QED) is 0.837. The molecule has 4 nitrogen and oxygen atoms in total. The number of hydrogen-bond acceptors (Lipinski definition) is 5. The van der Waals surface area contributed by atoms with Crippen LogP contribution in [0.25, 0.3) is 0 Å². The van der Waals surface area contributed by atoms with Crippen LogP contribution in [0.15, 0.2) is 35.4 Å². The van der Waals surface area contributed by atoms with E-state index in [1.807, 2.05) is 30.3 Å². The topological polar surface area (TPSA) is 65.2 Å². The maximum atomic E-state index is 11.3. The van der Waals surface area contributed by atoms with Crippen molar-refractivity contribution in [3.05, 3.63) is 35.9 Å². The van der Waals surface area contributed by atoms with Crippen molar-refractivity contribution in [3.8, 4) is 6.07 Å². The van der Waals surface area contributed by atoms with Crippen molar-refractivity contribution in [3.63, 3.8) is 0 Å². The smallest absolute Gasteiger partial charge is 0.181 e. The lowest BCUT2D eigenvalue weighted by molar-refractivity contribution is 0.575. The normalized spacial score (nSPS) is 25.3. The highest BCUT2D eigenvalue weighted by molar-refractivity contribution is 8.33. The number of nitriles is 1. The molecule has 1 N–H and O–H groups in total. The summed E-state index contributed by atoms with van der Waals surface area (Å²) < 4.78 is 11.8. The highest BCUT2D eigenvalue weighted by atomic mass is 32.2. The number of hydrogen-bond donors (Lipinski definition) is 1. The molecule has 0 spiro atoms. The van der Waals surface area contributed by atoms with E-state index < -0.39 is 10.8 Å². The van der Waals surface area contributed by atoms with E-state index in [4.69, 9.17) is 5.26 Å². The molecular weight excluding hydrogens is 254 g/mol. The molecule has 1 aliphatic rings. The molecule has 1 unspecified atom stereocenters. The van der Waals surface area contributed by atoms with Gasteiger partial charge in [-0.25, -0.2) is 0 Å². The van der Waals surface area contributed by atoms with E-state index in [-0.39, 0.29) is 11.3 Å². The number of rotatable bonds is 1. The lowest BCUT2D eigenvalue weighted by atomic mass is 10.1. The van der Waals surface area contributed by atoms with Crippen molar-refractivity contribution >= 4 is 26.9 Å². The van der Waals surface area contributed by atoms with Crippen molar-refractivity contribution in [2.24, 2.45) is 5.10 Å². The zero-order valence-corrected chi connectivity index (χ0v) is 10.8. The molecule has 3 atom stereocenters. The molecular formula is C11H11N3OS2. The molecule has 0 saturated carbocycles. The van der Waals surface area contributed by atoms with Crippen LogP contribution in [0.5, 0.6) is 0 Å². The average molecular weight is 265 g/mol. The molecule has 0 aliphatic carbocycles. The van der Waals surface area contributed by atoms with Gasteiger partial charge in [0, 0.05) is 6.26 Å². The van der Waals surface area contributed by atoms with Crippen LogP contribution in [-0.4, -0.2) is 20.1 Å². The molecule has 0 bridgehead atoms. The van der Waals surface area contributed by atoms with Crippen LogP contribution in [0.3, 0.4) is 0 Å². The molecule has 1 heterocycles. The highest BCUT2D eigenvalue weighted by Gasteiger charge is 2.30. The fraction of sp³-hybridized carbons (Fsp3) is 0.273. The molecule has 88 valence electrons. The minimum Gasteiger partial charge on any atom is -0.299 e. The summed E-state index contributed by atoms with van der Waals surface area (Å²) in [7, 11) is -1.15. The molecule has 0 fully saturated rings. The van der Waals surface area contributed by atoms with Gasteiger partial charge in [-0.15, -0.1) is 0 Å².